The van der Waals surface area contributed by atoms with Gasteiger partial charge in [0.05, 0.1) is 41.1 Å². The van der Waals surface area contributed by atoms with Crippen LogP contribution in [0.25, 0.3) is 0 Å². The number of nitrogens with zero attached hydrogens (tertiary/aromatic N) is 3. The molecule has 0 spiro atoms. The summed E-state index contributed by atoms with van der Waals surface area (Å²) in [6.07, 6.45) is 1.51. The SMILES string of the molecule is Cc1nc(C(C)NC(=O)c2cnc3c(c2)N(Cc2ccc(Cl)cc2)C(=O)CN3)cs1. The van der Waals surface area contributed by atoms with Crippen LogP contribution in [0.4, 0.5) is 11.5 Å². The van der Waals surface area contributed by atoms with Crippen molar-refractivity contribution in [2.75, 3.05) is 16.8 Å². The molecule has 1 aliphatic heterocycles. The lowest BCUT2D eigenvalue weighted by molar-refractivity contribution is -0.117. The smallest absolute Gasteiger partial charge is 0.253 e. The third-order valence-corrected chi connectivity index (χ3v) is 5.85. The third-order valence-electron chi connectivity index (χ3n) is 4.81. The van der Waals surface area contributed by atoms with E-state index in [1.54, 1.807) is 34.4 Å². The summed E-state index contributed by atoms with van der Waals surface area (Å²) in [5, 5.41) is 9.47. The van der Waals surface area contributed by atoms with Gasteiger partial charge in [-0.05, 0) is 37.6 Å². The van der Waals surface area contributed by atoms with Crippen LogP contribution in [0.5, 0.6) is 0 Å². The van der Waals surface area contributed by atoms with Crippen molar-refractivity contribution in [1.29, 1.82) is 0 Å². The highest BCUT2D eigenvalue weighted by molar-refractivity contribution is 7.09. The van der Waals surface area contributed by atoms with Crippen molar-refractivity contribution in [2.45, 2.75) is 26.4 Å². The average Bonchev–Trinajstić information content (AvgIpc) is 3.17. The second kappa shape index (κ2) is 8.41. The Morgan fingerprint density at radius 3 is 2.83 bits per heavy atom. The van der Waals surface area contributed by atoms with Gasteiger partial charge in [0.15, 0.2) is 5.82 Å². The Morgan fingerprint density at radius 2 is 2.13 bits per heavy atom. The van der Waals surface area contributed by atoms with Gasteiger partial charge >= 0.3 is 0 Å². The molecule has 4 rings (SSSR count). The number of fused-ring (bicyclic) bond motifs is 1. The lowest BCUT2D eigenvalue weighted by Crippen LogP contribution is -2.40. The van der Waals surface area contributed by atoms with E-state index in [1.165, 1.54) is 6.20 Å². The number of carbonyl (C=O) groups excluding carboxylic acids is 2. The largest absolute Gasteiger partial charge is 0.359 e. The van der Waals surface area contributed by atoms with Crippen molar-refractivity contribution in [3.05, 3.63) is 68.8 Å². The van der Waals surface area contributed by atoms with Crippen LogP contribution in [-0.2, 0) is 11.3 Å². The van der Waals surface area contributed by atoms with Gasteiger partial charge in [0.25, 0.3) is 5.91 Å². The number of hydrogen-bond donors (Lipinski definition) is 2. The Hall–Kier alpha value is -2.97. The molecule has 2 amide bonds. The minimum atomic E-state index is -0.270. The number of nitrogens with one attached hydrogen (secondary N) is 2. The second-order valence-electron chi connectivity index (χ2n) is 7.04. The maximum Gasteiger partial charge on any atom is 0.253 e. The van der Waals surface area contributed by atoms with Crippen molar-refractivity contribution in [3.63, 3.8) is 0 Å². The summed E-state index contributed by atoms with van der Waals surface area (Å²) >= 11 is 7.50. The van der Waals surface area contributed by atoms with Crippen LogP contribution < -0.4 is 15.5 Å². The van der Waals surface area contributed by atoms with E-state index in [4.69, 9.17) is 11.6 Å². The zero-order valence-electron chi connectivity index (χ0n) is 16.5. The number of hydrogen-bond acceptors (Lipinski definition) is 6. The average molecular weight is 442 g/mol. The molecule has 2 aromatic heterocycles. The zero-order valence-corrected chi connectivity index (χ0v) is 18.0. The molecule has 0 saturated heterocycles. The van der Waals surface area contributed by atoms with Crippen molar-refractivity contribution >= 4 is 46.3 Å². The Kier molecular flexibility index (Phi) is 5.69. The lowest BCUT2D eigenvalue weighted by atomic mass is 10.1. The highest BCUT2D eigenvalue weighted by atomic mass is 35.5. The molecule has 30 heavy (non-hydrogen) atoms. The van der Waals surface area contributed by atoms with Crippen molar-refractivity contribution < 1.29 is 9.59 Å². The molecule has 1 aromatic carbocycles. The van der Waals surface area contributed by atoms with Crippen LogP contribution in [0.1, 0.15) is 39.6 Å². The van der Waals surface area contributed by atoms with E-state index in [9.17, 15) is 9.59 Å². The van der Waals surface area contributed by atoms with Gasteiger partial charge in [0.2, 0.25) is 5.91 Å². The highest BCUT2D eigenvalue weighted by Crippen LogP contribution is 2.30. The molecule has 2 N–H and O–H groups in total. The summed E-state index contributed by atoms with van der Waals surface area (Å²) in [6, 6.07) is 8.78. The molecule has 1 aliphatic rings. The van der Waals surface area contributed by atoms with Gasteiger partial charge < -0.3 is 15.5 Å². The quantitative estimate of drug-likeness (QED) is 0.626. The lowest BCUT2D eigenvalue weighted by Gasteiger charge is -2.30. The first kappa shape index (κ1) is 20.3. The number of aryl methyl sites for hydroxylation is 1. The predicted molar refractivity (Wildman–Crippen MR) is 118 cm³/mol. The Labute approximate surface area is 183 Å². The minimum absolute atomic E-state index is 0.0943. The molecule has 0 fully saturated rings. The highest BCUT2D eigenvalue weighted by Gasteiger charge is 2.26. The summed E-state index contributed by atoms with van der Waals surface area (Å²) in [4.78, 5) is 35.8. The monoisotopic (exact) mass is 441 g/mol. The van der Waals surface area contributed by atoms with Gasteiger partial charge in [-0.3, -0.25) is 9.59 Å². The fourth-order valence-corrected chi connectivity index (χ4v) is 4.02. The number of amides is 2. The number of benzene rings is 1. The first-order chi connectivity index (χ1) is 14.4. The molecule has 0 saturated carbocycles. The topological polar surface area (TPSA) is 87.2 Å². The number of anilines is 2. The van der Waals surface area contributed by atoms with Crippen LogP contribution in [0.2, 0.25) is 5.02 Å². The molecular formula is C21H20ClN5O2S. The number of carbonyl (C=O) groups is 2. The van der Waals surface area contributed by atoms with Gasteiger partial charge in [0, 0.05) is 16.6 Å². The molecule has 3 aromatic rings. The standard InChI is InChI=1S/C21H20ClN5O2S/c1-12(17-11-30-13(2)26-17)25-21(29)15-7-18-20(23-8-15)24-9-19(28)27(18)10-14-3-5-16(22)6-4-14/h3-8,11-12H,9-10H2,1-2H3,(H,23,24)(H,25,29). The number of thiazole rings is 1. The van der Waals surface area contributed by atoms with E-state index in [-0.39, 0.29) is 24.4 Å². The molecule has 3 heterocycles. The van der Waals surface area contributed by atoms with Crippen molar-refractivity contribution in [2.24, 2.45) is 0 Å². The Morgan fingerprint density at radius 1 is 1.37 bits per heavy atom. The van der Waals surface area contributed by atoms with Crippen LogP contribution in [-0.4, -0.2) is 28.3 Å². The van der Waals surface area contributed by atoms with Crippen LogP contribution in [0.15, 0.2) is 41.9 Å². The number of halogens is 1. The van der Waals surface area contributed by atoms with E-state index in [0.29, 0.717) is 28.6 Å². The fraction of sp³-hybridized carbons (Fsp3) is 0.238. The first-order valence-electron chi connectivity index (χ1n) is 9.42. The Bertz CT molecular complexity index is 1100. The maximum atomic E-state index is 12.8. The summed E-state index contributed by atoms with van der Waals surface area (Å²) in [6.45, 7) is 4.33. The molecule has 1 atom stereocenters. The minimum Gasteiger partial charge on any atom is -0.359 e. The van der Waals surface area contributed by atoms with Crippen molar-refractivity contribution in [3.8, 4) is 0 Å². The van der Waals surface area contributed by atoms with E-state index < -0.39 is 0 Å². The second-order valence-corrected chi connectivity index (χ2v) is 8.54. The zero-order chi connectivity index (χ0) is 21.3. The third kappa shape index (κ3) is 4.29. The first-order valence-corrected chi connectivity index (χ1v) is 10.7. The summed E-state index contributed by atoms with van der Waals surface area (Å²) in [5.74, 6) is 0.208. The van der Waals surface area contributed by atoms with E-state index >= 15 is 0 Å². The molecular weight excluding hydrogens is 422 g/mol. The number of aromatic nitrogens is 2. The van der Waals surface area contributed by atoms with Gasteiger partial charge in [-0.15, -0.1) is 11.3 Å². The van der Waals surface area contributed by atoms with Gasteiger partial charge in [-0.1, -0.05) is 23.7 Å². The molecule has 9 heteroatoms. The normalized spacial score (nSPS) is 14.1. The Balaban J connectivity index is 1.57. The van der Waals surface area contributed by atoms with E-state index in [2.05, 4.69) is 20.6 Å². The van der Waals surface area contributed by atoms with Crippen LogP contribution >= 0.6 is 22.9 Å². The van der Waals surface area contributed by atoms with E-state index in [0.717, 1.165) is 16.3 Å². The molecule has 1 unspecified atom stereocenters. The molecule has 7 nitrogen and oxygen atoms in total. The van der Waals surface area contributed by atoms with E-state index in [1.807, 2.05) is 31.4 Å². The molecule has 0 bridgehead atoms. The number of pyridine rings is 1. The maximum absolute atomic E-state index is 12.8. The predicted octanol–water partition coefficient (Wildman–Crippen LogP) is 3.95. The van der Waals surface area contributed by atoms with Crippen molar-refractivity contribution in [1.82, 2.24) is 15.3 Å². The van der Waals surface area contributed by atoms with Crippen LogP contribution in [0, 0.1) is 6.92 Å². The van der Waals surface area contributed by atoms with Gasteiger partial charge in [-0.2, -0.15) is 0 Å². The molecule has 0 radical (unpaired) electrons. The fourth-order valence-electron chi connectivity index (χ4n) is 3.19. The van der Waals surface area contributed by atoms with Gasteiger partial charge in [-0.25, -0.2) is 9.97 Å². The molecule has 154 valence electrons. The number of rotatable bonds is 5. The summed E-state index contributed by atoms with van der Waals surface area (Å²) in [7, 11) is 0. The molecule has 0 aliphatic carbocycles. The van der Waals surface area contributed by atoms with Gasteiger partial charge in [0.1, 0.15) is 0 Å². The van der Waals surface area contributed by atoms with Crippen LogP contribution in [0.3, 0.4) is 0 Å². The summed E-state index contributed by atoms with van der Waals surface area (Å²) < 4.78 is 0. The summed E-state index contributed by atoms with van der Waals surface area (Å²) in [5.41, 5.74) is 2.71.